The average Bonchev–Trinajstić information content (AvgIpc) is 3.38. The number of amides is 1. The van der Waals surface area contributed by atoms with E-state index in [9.17, 15) is 4.79 Å². The third-order valence-electron chi connectivity index (χ3n) is 4.60. The van der Waals surface area contributed by atoms with Crippen LogP contribution in [-0.4, -0.2) is 30.8 Å². The summed E-state index contributed by atoms with van der Waals surface area (Å²) in [7, 11) is 0. The molecule has 0 fully saturated rings. The van der Waals surface area contributed by atoms with Crippen molar-refractivity contribution >= 4 is 28.1 Å². The molecule has 2 heterocycles. The number of hydrogen-bond acceptors (Lipinski definition) is 6. The van der Waals surface area contributed by atoms with Crippen molar-refractivity contribution in [1.82, 2.24) is 4.98 Å². The van der Waals surface area contributed by atoms with Gasteiger partial charge in [-0.15, -0.1) is 11.3 Å². The molecule has 144 valence electrons. The van der Waals surface area contributed by atoms with E-state index >= 15 is 0 Å². The van der Waals surface area contributed by atoms with Gasteiger partial charge in [0.05, 0.1) is 5.69 Å². The van der Waals surface area contributed by atoms with E-state index < -0.39 is 0 Å². The van der Waals surface area contributed by atoms with Crippen LogP contribution >= 0.6 is 11.3 Å². The number of nitrogens with zero attached hydrogens (tertiary/aromatic N) is 2. The lowest BCUT2D eigenvalue weighted by Crippen LogP contribution is -2.21. The summed E-state index contributed by atoms with van der Waals surface area (Å²) in [6, 6.07) is 12.9. The number of nitrogens with one attached hydrogen (secondary N) is 1. The molecule has 0 radical (unpaired) electrons. The summed E-state index contributed by atoms with van der Waals surface area (Å²) < 4.78 is 10.6. The standard InChI is InChI=1S/C21H21N3O3S/c1-3-24(4-2)21-23-17(12-28-21)14-5-8-16(9-6-14)22-20(25)15-7-10-18-19(11-15)27-13-26-18/h5-12H,3-4,13H2,1-2H3,(H,22,25). The van der Waals surface area contributed by atoms with Gasteiger partial charge in [-0.3, -0.25) is 4.79 Å². The summed E-state index contributed by atoms with van der Waals surface area (Å²) in [5.74, 6) is 1.06. The van der Waals surface area contributed by atoms with Crippen molar-refractivity contribution < 1.29 is 14.3 Å². The zero-order chi connectivity index (χ0) is 19.5. The Morgan fingerprint density at radius 3 is 2.61 bits per heavy atom. The summed E-state index contributed by atoms with van der Waals surface area (Å²) >= 11 is 1.65. The van der Waals surface area contributed by atoms with E-state index in [2.05, 4.69) is 29.4 Å². The molecule has 0 bridgehead atoms. The van der Waals surface area contributed by atoms with Gasteiger partial charge in [0.1, 0.15) is 0 Å². The lowest BCUT2D eigenvalue weighted by Gasteiger charge is -2.16. The Bertz CT molecular complexity index is 981. The van der Waals surface area contributed by atoms with Crippen LogP contribution in [0.4, 0.5) is 10.8 Å². The fourth-order valence-electron chi connectivity index (χ4n) is 3.00. The Balaban J connectivity index is 1.45. The maximum atomic E-state index is 12.5. The molecular formula is C21H21N3O3S. The minimum Gasteiger partial charge on any atom is -0.454 e. The van der Waals surface area contributed by atoms with Gasteiger partial charge in [0.25, 0.3) is 5.91 Å². The number of carbonyl (C=O) groups is 1. The molecular weight excluding hydrogens is 374 g/mol. The highest BCUT2D eigenvalue weighted by atomic mass is 32.1. The van der Waals surface area contributed by atoms with Crippen molar-refractivity contribution in [2.45, 2.75) is 13.8 Å². The second-order valence-corrected chi connectivity index (χ2v) is 7.12. The van der Waals surface area contributed by atoms with Gasteiger partial charge in [0.15, 0.2) is 16.6 Å². The van der Waals surface area contributed by atoms with Gasteiger partial charge >= 0.3 is 0 Å². The minimum atomic E-state index is -0.191. The molecule has 1 N–H and O–H groups in total. The number of anilines is 2. The summed E-state index contributed by atoms with van der Waals surface area (Å²) in [6.45, 7) is 6.32. The topological polar surface area (TPSA) is 63.7 Å². The lowest BCUT2D eigenvalue weighted by molar-refractivity contribution is 0.102. The van der Waals surface area contributed by atoms with E-state index in [-0.39, 0.29) is 12.7 Å². The smallest absolute Gasteiger partial charge is 0.255 e. The molecule has 0 saturated carbocycles. The summed E-state index contributed by atoms with van der Waals surface area (Å²) in [4.78, 5) is 19.4. The Labute approximate surface area is 167 Å². The van der Waals surface area contributed by atoms with Crippen molar-refractivity contribution in [2.24, 2.45) is 0 Å². The van der Waals surface area contributed by atoms with Crippen molar-refractivity contribution in [3.05, 3.63) is 53.4 Å². The Morgan fingerprint density at radius 1 is 1.11 bits per heavy atom. The van der Waals surface area contributed by atoms with Crippen LogP contribution in [0.5, 0.6) is 11.5 Å². The fourth-order valence-corrected chi connectivity index (χ4v) is 3.97. The number of carbonyl (C=O) groups excluding carboxylic acids is 1. The van der Waals surface area contributed by atoms with Crippen molar-refractivity contribution in [2.75, 3.05) is 30.1 Å². The molecule has 28 heavy (non-hydrogen) atoms. The van der Waals surface area contributed by atoms with Crippen LogP contribution in [0.1, 0.15) is 24.2 Å². The fraction of sp³-hybridized carbons (Fsp3) is 0.238. The monoisotopic (exact) mass is 395 g/mol. The normalized spacial score (nSPS) is 12.1. The van der Waals surface area contributed by atoms with Crippen LogP contribution in [0.15, 0.2) is 47.8 Å². The SMILES string of the molecule is CCN(CC)c1nc(-c2ccc(NC(=O)c3ccc4c(c3)OCO4)cc2)cs1. The van der Waals surface area contributed by atoms with Gasteiger partial charge in [0.2, 0.25) is 6.79 Å². The van der Waals surface area contributed by atoms with Crippen LogP contribution in [0.2, 0.25) is 0 Å². The number of aromatic nitrogens is 1. The summed E-state index contributed by atoms with van der Waals surface area (Å²) in [5, 5.41) is 6.00. The zero-order valence-electron chi connectivity index (χ0n) is 15.8. The first-order chi connectivity index (χ1) is 13.7. The predicted octanol–water partition coefficient (Wildman–Crippen LogP) is 4.64. The van der Waals surface area contributed by atoms with E-state index in [1.54, 1.807) is 29.5 Å². The van der Waals surface area contributed by atoms with E-state index in [4.69, 9.17) is 14.5 Å². The molecule has 3 aromatic rings. The van der Waals surface area contributed by atoms with Crippen LogP contribution in [0.25, 0.3) is 11.3 Å². The van der Waals surface area contributed by atoms with E-state index in [0.717, 1.165) is 35.2 Å². The molecule has 4 rings (SSSR count). The first-order valence-corrected chi connectivity index (χ1v) is 10.1. The molecule has 0 unspecified atom stereocenters. The zero-order valence-corrected chi connectivity index (χ0v) is 16.6. The molecule has 0 atom stereocenters. The second kappa shape index (κ2) is 7.90. The van der Waals surface area contributed by atoms with Gasteiger partial charge in [0, 0.05) is 35.3 Å². The molecule has 6 nitrogen and oxygen atoms in total. The number of rotatable bonds is 6. The molecule has 0 spiro atoms. The average molecular weight is 395 g/mol. The Morgan fingerprint density at radius 2 is 1.86 bits per heavy atom. The Kier molecular flexibility index (Phi) is 5.16. The van der Waals surface area contributed by atoms with Gasteiger partial charge in [-0.2, -0.15) is 0 Å². The maximum Gasteiger partial charge on any atom is 0.255 e. The van der Waals surface area contributed by atoms with E-state index in [0.29, 0.717) is 17.1 Å². The highest BCUT2D eigenvalue weighted by Crippen LogP contribution is 2.33. The number of ether oxygens (including phenoxy) is 2. The van der Waals surface area contributed by atoms with Gasteiger partial charge in [-0.1, -0.05) is 12.1 Å². The first kappa shape index (κ1) is 18.3. The second-order valence-electron chi connectivity index (χ2n) is 6.29. The molecule has 2 aromatic carbocycles. The van der Waals surface area contributed by atoms with Crippen molar-refractivity contribution in [3.8, 4) is 22.8 Å². The predicted molar refractivity (Wildman–Crippen MR) is 112 cm³/mol. The summed E-state index contributed by atoms with van der Waals surface area (Å²) in [6.07, 6.45) is 0. The molecule has 7 heteroatoms. The number of benzene rings is 2. The Hall–Kier alpha value is -3.06. The highest BCUT2D eigenvalue weighted by Gasteiger charge is 2.16. The van der Waals surface area contributed by atoms with Crippen molar-refractivity contribution in [3.63, 3.8) is 0 Å². The highest BCUT2D eigenvalue weighted by molar-refractivity contribution is 7.14. The van der Waals surface area contributed by atoms with Gasteiger partial charge in [-0.05, 0) is 44.2 Å². The number of thiazole rings is 1. The first-order valence-electron chi connectivity index (χ1n) is 9.20. The third-order valence-corrected chi connectivity index (χ3v) is 5.50. The van der Waals surface area contributed by atoms with Crippen LogP contribution in [-0.2, 0) is 0 Å². The van der Waals surface area contributed by atoms with Gasteiger partial charge < -0.3 is 19.7 Å². The van der Waals surface area contributed by atoms with Crippen LogP contribution < -0.4 is 19.7 Å². The number of fused-ring (bicyclic) bond motifs is 1. The van der Waals surface area contributed by atoms with Crippen molar-refractivity contribution in [1.29, 1.82) is 0 Å². The maximum absolute atomic E-state index is 12.5. The minimum absolute atomic E-state index is 0.189. The molecule has 0 saturated heterocycles. The lowest BCUT2D eigenvalue weighted by atomic mass is 10.1. The summed E-state index contributed by atoms with van der Waals surface area (Å²) in [5.41, 5.74) is 3.22. The van der Waals surface area contributed by atoms with E-state index in [1.165, 1.54) is 0 Å². The molecule has 0 aliphatic carbocycles. The molecule has 1 aliphatic rings. The van der Waals surface area contributed by atoms with E-state index in [1.807, 2.05) is 24.3 Å². The van der Waals surface area contributed by atoms with Crippen LogP contribution in [0.3, 0.4) is 0 Å². The van der Waals surface area contributed by atoms with Crippen LogP contribution in [0, 0.1) is 0 Å². The quantitative estimate of drug-likeness (QED) is 0.659. The largest absolute Gasteiger partial charge is 0.454 e. The molecule has 1 amide bonds. The molecule has 1 aromatic heterocycles. The molecule has 1 aliphatic heterocycles. The third kappa shape index (κ3) is 3.66. The van der Waals surface area contributed by atoms with Gasteiger partial charge in [-0.25, -0.2) is 4.98 Å². The number of hydrogen-bond donors (Lipinski definition) is 1.